The third-order valence-corrected chi connectivity index (χ3v) is 5.91. The Morgan fingerprint density at radius 3 is 2.76 bits per heavy atom. The molecule has 0 spiro atoms. The Hall–Kier alpha value is -0.570. The van der Waals surface area contributed by atoms with Gasteiger partial charge in [0.2, 0.25) is 1.43 Å². The van der Waals surface area contributed by atoms with Gasteiger partial charge < -0.3 is 9.85 Å². The lowest BCUT2D eigenvalue weighted by atomic mass is 9.62. The molecule has 0 amide bonds. The summed E-state index contributed by atoms with van der Waals surface area (Å²) in [7, 11) is 0. The van der Waals surface area contributed by atoms with Crippen molar-refractivity contribution in [3.8, 4) is 0 Å². The molecular weight excluding hydrogens is 264 g/mol. The fraction of sp³-hybridized carbons (Fsp3) is 0.944. The number of hydrogen-bond acceptors (Lipinski definition) is 3. The second-order valence-electron chi connectivity index (χ2n) is 8.55. The van der Waals surface area contributed by atoms with Crippen LogP contribution in [0.25, 0.3) is 0 Å². The van der Waals surface area contributed by atoms with Crippen LogP contribution in [0.2, 0.25) is 0 Å². The molecule has 3 nitrogen and oxygen atoms in total. The summed E-state index contributed by atoms with van der Waals surface area (Å²) < 4.78 is 12.9. The standard InChI is InChI=1S/C18H32O3/c1-12(11-21-16(20)17(2,3)4)13-8-9-14-15(19)7-6-10-18(13,14)5/h12-15,19H,6-11H2,1-5H3/t12-,13-,14?,15+,18-/m1/s1/i19T. The normalized spacial score (nSPS) is 38.5. The SMILES string of the molecule is [3H]O[C@H]1CCC[C@@]2(C)C1CC[C@@H]2[C@H](C)COC(=O)C(C)(C)C. The fourth-order valence-electron chi connectivity index (χ4n) is 4.63. The number of rotatable bonds is 4. The first-order chi connectivity index (χ1) is 10.2. The number of fused-ring (bicyclic) bond motifs is 1. The lowest BCUT2D eigenvalue weighted by Gasteiger charge is -2.45. The average Bonchev–Trinajstić information content (AvgIpc) is 2.80. The van der Waals surface area contributed by atoms with Crippen LogP contribution in [0, 0.1) is 28.6 Å². The molecule has 2 aliphatic rings. The van der Waals surface area contributed by atoms with E-state index in [9.17, 15) is 4.79 Å². The van der Waals surface area contributed by atoms with Gasteiger partial charge in [0, 0.05) is 0 Å². The Kier molecular flexibility index (Phi) is 4.31. The smallest absolute Gasteiger partial charge is 0.311 e. The monoisotopic (exact) mass is 298 g/mol. The first-order valence-electron chi connectivity index (χ1n) is 8.90. The lowest BCUT2D eigenvalue weighted by molar-refractivity contribution is -0.155. The number of ether oxygens (including phenoxy) is 1. The Bertz CT molecular complexity index is 404. The molecule has 0 radical (unpaired) electrons. The van der Waals surface area contributed by atoms with Crippen LogP contribution in [0.15, 0.2) is 0 Å². The van der Waals surface area contributed by atoms with E-state index in [-0.39, 0.29) is 17.5 Å². The maximum absolute atomic E-state index is 12.0. The summed E-state index contributed by atoms with van der Waals surface area (Å²) in [4.78, 5) is 12.0. The molecule has 2 aliphatic carbocycles. The van der Waals surface area contributed by atoms with E-state index in [0.29, 0.717) is 24.4 Å². The third kappa shape index (κ3) is 3.28. The molecule has 1 N–H and O–H groups in total. The predicted molar refractivity (Wildman–Crippen MR) is 83.8 cm³/mol. The van der Waals surface area contributed by atoms with Crippen molar-refractivity contribution in [2.24, 2.45) is 28.6 Å². The van der Waals surface area contributed by atoms with E-state index in [1.807, 2.05) is 20.8 Å². The fourth-order valence-corrected chi connectivity index (χ4v) is 4.63. The van der Waals surface area contributed by atoms with Gasteiger partial charge in [-0.2, -0.15) is 0 Å². The molecule has 0 heterocycles. The van der Waals surface area contributed by atoms with Crippen molar-refractivity contribution in [3.05, 3.63) is 0 Å². The average molecular weight is 298 g/mol. The minimum Gasteiger partial charge on any atom is -0.465 e. The van der Waals surface area contributed by atoms with E-state index < -0.39 is 5.41 Å². The highest BCUT2D eigenvalue weighted by atomic mass is 16.5. The number of hydrogen-bond donors (Lipinski definition) is 1. The van der Waals surface area contributed by atoms with Crippen LogP contribution in [0.4, 0.5) is 0 Å². The molecule has 0 saturated heterocycles. The highest BCUT2D eigenvalue weighted by Crippen LogP contribution is 2.57. The number of carbonyl (C=O) groups excluding carboxylic acids is 1. The molecule has 0 bridgehead atoms. The van der Waals surface area contributed by atoms with E-state index in [4.69, 9.17) is 11.3 Å². The zero-order chi connectivity index (χ0) is 16.5. The van der Waals surface area contributed by atoms with Crippen LogP contribution < -0.4 is 0 Å². The van der Waals surface area contributed by atoms with Gasteiger partial charge >= 0.3 is 5.97 Å². The molecule has 0 aromatic rings. The summed E-state index contributed by atoms with van der Waals surface area (Å²) in [5.74, 6) is 1.30. The predicted octanol–water partition coefficient (Wildman–Crippen LogP) is 3.79. The van der Waals surface area contributed by atoms with Gasteiger partial charge in [-0.05, 0) is 69.6 Å². The van der Waals surface area contributed by atoms with Crippen LogP contribution in [0.3, 0.4) is 0 Å². The van der Waals surface area contributed by atoms with Crippen LogP contribution in [-0.2, 0) is 9.53 Å². The highest BCUT2D eigenvalue weighted by molar-refractivity contribution is 5.75. The molecule has 2 saturated carbocycles. The Labute approximate surface area is 130 Å². The Morgan fingerprint density at radius 1 is 1.43 bits per heavy atom. The van der Waals surface area contributed by atoms with Crippen molar-refractivity contribution in [1.82, 2.24) is 0 Å². The van der Waals surface area contributed by atoms with Gasteiger partial charge in [-0.3, -0.25) is 4.79 Å². The van der Waals surface area contributed by atoms with E-state index >= 15 is 0 Å². The molecule has 0 aromatic carbocycles. The van der Waals surface area contributed by atoms with Crippen molar-refractivity contribution >= 4 is 5.97 Å². The summed E-state index contributed by atoms with van der Waals surface area (Å²) >= 11 is 0. The first-order valence-corrected chi connectivity index (χ1v) is 8.49. The molecule has 3 heteroatoms. The van der Waals surface area contributed by atoms with Crippen molar-refractivity contribution in [1.29, 1.82) is 1.43 Å². The van der Waals surface area contributed by atoms with Gasteiger partial charge in [0.05, 0.1) is 18.1 Å². The van der Waals surface area contributed by atoms with Gasteiger partial charge in [0.15, 0.2) is 0 Å². The molecule has 2 fully saturated rings. The Balaban J connectivity index is 1.99. The molecule has 5 atom stereocenters. The molecule has 0 aromatic heterocycles. The van der Waals surface area contributed by atoms with Crippen LogP contribution in [0.1, 0.15) is 66.7 Å². The van der Waals surface area contributed by atoms with Crippen LogP contribution >= 0.6 is 0 Å². The summed E-state index contributed by atoms with van der Waals surface area (Å²) in [6, 6.07) is 0. The van der Waals surface area contributed by atoms with Gasteiger partial charge in [-0.25, -0.2) is 0 Å². The molecular formula is C18H32O3. The van der Waals surface area contributed by atoms with Crippen molar-refractivity contribution < 1.29 is 14.6 Å². The minimum absolute atomic E-state index is 0.0908. The minimum atomic E-state index is -0.434. The second-order valence-corrected chi connectivity index (χ2v) is 8.55. The summed E-state index contributed by atoms with van der Waals surface area (Å²) in [5.41, 5.74) is -0.200. The van der Waals surface area contributed by atoms with Gasteiger partial charge in [0.1, 0.15) is 0 Å². The zero-order valence-electron chi connectivity index (χ0n) is 15.3. The molecule has 122 valence electrons. The number of esters is 1. The first kappa shape index (κ1) is 15.3. The van der Waals surface area contributed by atoms with Gasteiger partial charge in [-0.15, -0.1) is 0 Å². The molecule has 1 unspecified atom stereocenters. The van der Waals surface area contributed by atoms with Gasteiger partial charge in [-0.1, -0.05) is 20.3 Å². The summed E-state index contributed by atoms with van der Waals surface area (Å²) in [6.45, 7) is 10.8. The number of aliphatic hydroxyl groups excluding tert-OH is 1. The molecule has 21 heavy (non-hydrogen) atoms. The van der Waals surface area contributed by atoms with Crippen molar-refractivity contribution in [2.45, 2.75) is 72.8 Å². The van der Waals surface area contributed by atoms with Crippen molar-refractivity contribution in [2.75, 3.05) is 6.61 Å². The second kappa shape index (κ2) is 5.91. The number of aliphatic hydroxyl groups is 1. The maximum Gasteiger partial charge on any atom is 0.311 e. The van der Waals surface area contributed by atoms with Crippen LogP contribution in [-0.4, -0.2) is 25.2 Å². The van der Waals surface area contributed by atoms with E-state index in [1.165, 1.54) is 6.42 Å². The van der Waals surface area contributed by atoms with E-state index in [1.54, 1.807) is 0 Å². The molecule has 2 rings (SSSR count). The van der Waals surface area contributed by atoms with Crippen LogP contribution in [0.5, 0.6) is 0 Å². The molecule has 0 aliphatic heterocycles. The van der Waals surface area contributed by atoms with E-state index in [2.05, 4.69) is 13.8 Å². The Morgan fingerprint density at radius 2 is 2.14 bits per heavy atom. The van der Waals surface area contributed by atoms with Crippen molar-refractivity contribution in [3.63, 3.8) is 0 Å². The topological polar surface area (TPSA) is 46.5 Å². The zero-order valence-corrected chi connectivity index (χ0v) is 14.3. The number of carbonyl (C=O) groups is 1. The van der Waals surface area contributed by atoms with E-state index in [0.717, 1.165) is 25.7 Å². The lowest BCUT2D eigenvalue weighted by Crippen LogP contribution is -2.42. The third-order valence-electron chi connectivity index (χ3n) is 5.91. The summed E-state index contributed by atoms with van der Waals surface area (Å²) in [5, 5.41) is 5.01. The maximum atomic E-state index is 12.0. The summed E-state index contributed by atoms with van der Waals surface area (Å²) in [6.07, 6.45) is 5.76. The highest BCUT2D eigenvalue weighted by Gasteiger charge is 2.52. The van der Waals surface area contributed by atoms with Gasteiger partial charge in [0.25, 0.3) is 0 Å². The largest absolute Gasteiger partial charge is 0.465 e. The quantitative estimate of drug-likeness (QED) is 0.803.